The van der Waals surface area contributed by atoms with Crippen LogP contribution < -0.4 is 0 Å². The predicted octanol–water partition coefficient (Wildman–Crippen LogP) is 2.16. The fourth-order valence-corrected chi connectivity index (χ4v) is 5.27. The molecule has 1 unspecified atom stereocenters. The standard InChI is InChI=1S/C17H22N4OS/c1-4-21-7-5-6-14(11-21)23(22)16-8-13(17(2,3)12-18)9-19-15(16)10-20-23/h8-10H,4-7,11H2,1-3H3. The molecule has 0 aromatic carbocycles. The van der Waals surface area contributed by atoms with Gasteiger partial charge in [0.1, 0.15) is 9.71 Å². The zero-order valence-electron chi connectivity index (χ0n) is 13.9. The minimum Gasteiger partial charge on any atom is -0.299 e. The normalized spacial score (nSPS) is 24.5. The largest absolute Gasteiger partial charge is 0.299 e. The second-order valence-electron chi connectivity index (χ2n) is 6.62. The molecule has 3 rings (SSSR count). The number of hydrogen-bond donors (Lipinski definition) is 0. The highest BCUT2D eigenvalue weighted by Crippen LogP contribution is 2.30. The Morgan fingerprint density at radius 2 is 2.26 bits per heavy atom. The lowest BCUT2D eigenvalue weighted by Crippen LogP contribution is -2.37. The van der Waals surface area contributed by atoms with Gasteiger partial charge in [-0.05, 0) is 51.4 Å². The van der Waals surface area contributed by atoms with Gasteiger partial charge in [-0.2, -0.15) is 9.66 Å². The smallest absolute Gasteiger partial charge is 0.104 e. The Balaban J connectivity index is 2.14. The van der Waals surface area contributed by atoms with Crippen molar-refractivity contribution in [1.29, 1.82) is 5.26 Å². The first-order valence-electron chi connectivity index (χ1n) is 7.99. The average molecular weight is 330 g/mol. The van der Waals surface area contributed by atoms with Crippen molar-refractivity contribution in [3.8, 4) is 6.07 Å². The molecule has 1 saturated heterocycles. The van der Waals surface area contributed by atoms with Crippen molar-refractivity contribution >= 4 is 20.8 Å². The molecule has 0 amide bonds. The third kappa shape index (κ3) is 2.68. The number of rotatable bonds is 2. The Bertz CT molecular complexity index is 825. The molecule has 1 aromatic heterocycles. The first-order valence-corrected chi connectivity index (χ1v) is 9.50. The van der Waals surface area contributed by atoms with Crippen LogP contribution in [0.4, 0.5) is 0 Å². The van der Waals surface area contributed by atoms with Crippen LogP contribution >= 0.6 is 0 Å². The molecular weight excluding hydrogens is 308 g/mol. The van der Waals surface area contributed by atoms with E-state index in [9.17, 15) is 9.47 Å². The van der Waals surface area contributed by atoms with Gasteiger partial charge < -0.3 is 0 Å². The Hall–Kier alpha value is -1.71. The van der Waals surface area contributed by atoms with Gasteiger partial charge >= 0.3 is 0 Å². The maximum atomic E-state index is 13.6. The Labute approximate surface area is 138 Å². The van der Waals surface area contributed by atoms with Crippen LogP contribution in [0.3, 0.4) is 0 Å². The second-order valence-corrected chi connectivity index (χ2v) is 8.90. The van der Waals surface area contributed by atoms with Gasteiger partial charge in [-0.3, -0.25) is 9.88 Å². The molecule has 5 nitrogen and oxygen atoms in total. The van der Waals surface area contributed by atoms with E-state index in [2.05, 4.69) is 27.3 Å². The maximum Gasteiger partial charge on any atom is 0.104 e. The van der Waals surface area contributed by atoms with E-state index in [-0.39, 0.29) is 0 Å². The Morgan fingerprint density at radius 3 is 2.96 bits per heavy atom. The summed E-state index contributed by atoms with van der Waals surface area (Å²) in [7, 11) is -2.58. The van der Waals surface area contributed by atoms with E-state index in [1.54, 1.807) is 12.4 Å². The number of nitrogens with zero attached hydrogens (tertiary/aromatic N) is 4. The summed E-state index contributed by atoms with van der Waals surface area (Å²) >= 11 is 0. The molecule has 2 aliphatic rings. The van der Waals surface area contributed by atoms with Gasteiger partial charge in [0.2, 0.25) is 0 Å². The van der Waals surface area contributed by atoms with E-state index in [0.717, 1.165) is 42.9 Å². The lowest BCUT2D eigenvalue weighted by atomic mass is 9.87. The highest BCUT2D eigenvalue weighted by molar-refractivity contribution is 8.01. The number of piperidine rings is 1. The number of hydrogen-bond acceptors (Lipinski definition) is 4. The molecule has 0 aliphatic carbocycles. The van der Waals surface area contributed by atoms with Crippen LogP contribution in [0.5, 0.6) is 0 Å². The molecule has 6 heteroatoms. The third-order valence-corrected chi connectivity index (χ3v) is 7.11. The molecule has 3 heterocycles. The highest BCUT2D eigenvalue weighted by Gasteiger charge is 2.30. The number of likely N-dealkylation sites (tertiary alicyclic amines) is 1. The first kappa shape index (κ1) is 16.2. The van der Waals surface area contributed by atoms with Crippen LogP contribution in [0, 0.1) is 11.3 Å². The topological polar surface area (TPSA) is 69.3 Å². The summed E-state index contributed by atoms with van der Waals surface area (Å²) in [5.41, 5.74) is 0.812. The van der Waals surface area contributed by atoms with E-state index in [1.807, 2.05) is 19.9 Å². The summed E-state index contributed by atoms with van der Waals surface area (Å²) in [5, 5.41) is 9.35. The first-order chi connectivity index (χ1) is 10.9. The lowest BCUT2D eigenvalue weighted by molar-refractivity contribution is 0.309. The fourth-order valence-electron chi connectivity index (χ4n) is 2.99. The van der Waals surface area contributed by atoms with Crippen molar-refractivity contribution < 1.29 is 4.21 Å². The van der Waals surface area contributed by atoms with Gasteiger partial charge in [0.25, 0.3) is 0 Å². The van der Waals surface area contributed by atoms with Gasteiger partial charge in [-0.15, -0.1) is 0 Å². The molecule has 23 heavy (non-hydrogen) atoms. The van der Waals surface area contributed by atoms with Crippen molar-refractivity contribution in [2.75, 3.05) is 19.6 Å². The molecule has 0 bridgehead atoms. The third-order valence-electron chi connectivity index (χ3n) is 4.67. The van der Waals surface area contributed by atoms with Crippen molar-refractivity contribution in [1.82, 2.24) is 9.88 Å². The van der Waals surface area contributed by atoms with Crippen LogP contribution in [0.25, 0.3) is 0 Å². The van der Waals surface area contributed by atoms with Gasteiger partial charge in [0, 0.05) is 17.6 Å². The van der Waals surface area contributed by atoms with Crippen LogP contribution in [0.15, 0.2) is 21.6 Å². The molecule has 1 fully saturated rings. The molecular formula is C17H22N4OS. The summed E-state index contributed by atoms with van der Waals surface area (Å²) in [4.78, 5) is 8.38. The van der Waals surface area contributed by atoms with Crippen molar-refractivity contribution in [2.45, 2.75) is 43.9 Å². The van der Waals surface area contributed by atoms with Crippen molar-refractivity contribution in [3.63, 3.8) is 0 Å². The molecule has 1 atom stereocenters. The van der Waals surface area contributed by atoms with Crippen LogP contribution in [0.1, 0.15) is 44.9 Å². The number of pyridine rings is 1. The van der Waals surface area contributed by atoms with Crippen molar-refractivity contribution in [2.24, 2.45) is 4.40 Å². The zero-order chi connectivity index (χ0) is 16.7. The van der Waals surface area contributed by atoms with Gasteiger partial charge in [-0.25, -0.2) is 4.21 Å². The second kappa shape index (κ2) is 5.73. The lowest BCUT2D eigenvalue weighted by Gasteiger charge is -2.28. The summed E-state index contributed by atoms with van der Waals surface area (Å²) in [5.74, 6) is 0. The monoisotopic (exact) mass is 330 g/mol. The Kier molecular flexibility index (Phi) is 4.03. The predicted molar refractivity (Wildman–Crippen MR) is 93.2 cm³/mol. The number of aromatic nitrogens is 1. The molecule has 0 N–H and O–H groups in total. The van der Waals surface area contributed by atoms with E-state index < -0.39 is 15.1 Å². The van der Waals surface area contributed by atoms with Crippen LogP contribution in [-0.4, -0.2) is 44.8 Å². The molecule has 0 radical (unpaired) electrons. The van der Waals surface area contributed by atoms with Gasteiger partial charge in [0.15, 0.2) is 0 Å². The Morgan fingerprint density at radius 1 is 1.48 bits per heavy atom. The van der Waals surface area contributed by atoms with E-state index >= 15 is 0 Å². The van der Waals surface area contributed by atoms with E-state index in [4.69, 9.17) is 0 Å². The molecule has 2 aliphatic heterocycles. The quantitative estimate of drug-likeness (QED) is 0.779. The minimum atomic E-state index is -2.58. The van der Waals surface area contributed by atoms with E-state index in [0.29, 0.717) is 10.6 Å². The van der Waals surface area contributed by atoms with Crippen LogP contribution in [0.2, 0.25) is 0 Å². The van der Waals surface area contributed by atoms with Crippen molar-refractivity contribution in [3.05, 3.63) is 23.5 Å². The molecule has 1 aromatic rings. The minimum absolute atomic E-state index is 0.655. The summed E-state index contributed by atoms with van der Waals surface area (Å²) in [6.07, 6.45) is 5.18. The summed E-state index contributed by atoms with van der Waals surface area (Å²) < 4.78 is 18.0. The zero-order valence-corrected chi connectivity index (χ0v) is 14.7. The average Bonchev–Trinajstić information content (AvgIpc) is 2.93. The van der Waals surface area contributed by atoms with E-state index in [1.165, 1.54) is 0 Å². The van der Waals surface area contributed by atoms with Gasteiger partial charge in [0.05, 0.1) is 28.3 Å². The van der Waals surface area contributed by atoms with Gasteiger partial charge in [-0.1, -0.05) is 6.92 Å². The fraction of sp³-hybridized carbons (Fsp3) is 0.529. The van der Waals surface area contributed by atoms with Crippen LogP contribution in [-0.2, 0) is 15.1 Å². The summed E-state index contributed by atoms with van der Waals surface area (Å²) in [6.45, 7) is 8.55. The summed E-state index contributed by atoms with van der Waals surface area (Å²) in [6, 6.07) is 4.16. The highest BCUT2D eigenvalue weighted by atomic mass is 32.2. The molecule has 0 spiro atoms. The molecule has 122 valence electrons. The number of fused-ring (bicyclic) bond motifs is 1. The maximum absolute atomic E-state index is 13.6. The number of nitriles is 1. The SMILES string of the molecule is CCN1CCCC(=S2(=O)N=Cc3ncc(C(C)(C)C#N)cc32)C1. The molecule has 0 saturated carbocycles.